The highest BCUT2D eigenvalue weighted by Gasteiger charge is 2.31. The molecule has 0 aromatic rings. The minimum atomic E-state index is -0.555. The van der Waals surface area contributed by atoms with E-state index < -0.39 is 11.7 Å². The predicted octanol–water partition coefficient (Wildman–Crippen LogP) is 1.99. The minimum absolute atomic E-state index is 0.0131. The van der Waals surface area contributed by atoms with Crippen LogP contribution in [0, 0.1) is 0 Å². The highest BCUT2D eigenvalue weighted by molar-refractivity contribution is 5.98. The number of hydrogen-bond donors (Lipinski definition) is 0. The first-order valence-corrected chi connectivity index (χ1v) is 6.12. The fourth-order valence-corrected chi connectivity index (χ4v) is 1.69. The van der Waals surface area contributed by atoms with Crippen LogP contribution in [0.1, 0.15) is 33.6 Å². The normalized spacial score (nSPS) is 19.1. The van der Waals surface area contributed by atoms with Gasteiger partial charge in [0, 0.05) is 33.3 Å². The Bertz CT molecular complexity index is 367. The summed E-state index contributed by atoms with van der Waals surface area (Å²) in [6.45, 7) is 5.96. The maximum atomic E-state index is 12.0. The smallest absolute Gasteiger partial charge is 0.414 e. The Hall–Kier alpha value is -1.52. The molecule has 5 heteroatoms. The van der Waals surface area contributed by atoms with Crippen molar-refractivity contribution in [2.75, 3.05) is 20.6 Å². The minimum Gasteiger partial charge on any atom is -0.443 e. The van der Waals surface area contributed by atoms with Crippen molar-refractivity contribution >= 4 is 11.9 Å². The number of likely N-dealkylation sites (tertiary alicyclic amines) is 1. The largest absolute Gasteiger partial charge is 0.443 e. The molecule has 1 fully saturated rings. The van der Waals surface area contributed by atoms with Gasteiger partial charge in [-0.2, -0.15) is 0 Å². The van der Waals surface area contributed by atoms with E-state index in [1.54, 1.807) is 11.1 Å². The number of carbonyl (C=O) groups is 2. The highest BCUT2D eigenvalue weighted by atomic mass is 16.6. The first-order chi connectivity index (χ1) is 8.20. The summed E-state index contributed by atoms with van der Waals surface area (Å²) in [5, 5.41) is 0. The van der Waals surface area contributed by atoms with E-state index in [1.165, 1.54) is 4.90 Å². The van der Waals surface area contributed by atoms with E-state index in [2.05, 4.69) is 0 Å². The molecule has 0 unspecified atom stereocenters. The third-order valence-electron chi connectivity index (χ3n) is 2.36. The van der Waals surface area contributed by atoms with Crippen molar-refractivity contribution in [1.29, 1.82) is 0 Å². The number of ether oxygens (including phenoxy) is 1. The maximum Gasteiger partial charge on any atom is 0.414 e. The molecule has 0 atom stereocenters. The van der Waals surface area contributed by atoms with Gasteiger partial charge in [0.2, 0.25) is 0 Å². The molecule has 1 saturated heterocycles. The van der Waals surface area contributed by atoms with Crippen LogP contribution in [0.3, 0.4) is 0 Å². The molecule has 0 aromatic carbocycles. The molecule has 0 saturated carbocycles. The van der Waals surface area contributed by atoms with Crippen LogP contribution in [-0.2, 0) is 9.53 Å². The second kappa shape index (κ2) is 5.42. The van der Waals surface area contributed by atoms with E-state index in [4.69, 9.17) is 4.74 Å². The van der Waals surface area contributed by atoms with Gasteiger partial charge in [-0.15, -0.1) is 0 Å². The lowest BCUT2D eigenvalue weighted by molar-refractivity contribution is -0.118. The number of nitrogens with zero attached hydrogens (tertiary/aromatic N) is 2. The molecule has 1 rings (SSSR count). The van der Waals surface area contributed by atoms with Gasteiger partial charge in [-0.3, -0.25) is 9.69 Å². The molecule has 1 amide bonds. The number of rotatable bonds is 1. The van der Waals surface area contributed by atoms with Crippen molar-refractivity contribution in [2.24, 2.45) is 0 Å². The van der Waals surface area contributed by atoms with Crippen molar-refractivity contribution < 1.29 is 14.3 Å². The standard InChI is InChI=1S/C13H22N2O3/c1-13(2,3)18-12(17)15-8-6-7-11(16)10(15)9-14(4)5/h9H,6-8H2,1-5H3/b10-9-. The molecule has 0 aliphatic carbocycles. The molecule has 0 radical (unpaired) electrons. The van der Waals surface area contributed by atoms with Gasteiger partial charge in [0.25, 0.3) is 0 Å². The molecule has 0 bridgehead atoms. The monoisotopic (exact) mass is 254 g/mol. The average molecular weight is 254 g/mol. The van der Waals surface area contributed by atoms with Crippen molar-refractivity contribution in [3.63, 3.8) is 0 Å². The van der Waals surface area contributed by atoms with Crippen LogP contribution in [-0.4, -0.2) is 47.9 Å². The SMILES string of the molecule is CN(C)/C=C1/C(=O)CCCN1C(=O)OC(C)(C)C. The van der Waals surface area contributed by atoms with Gasteiger partial charge in [-0.25, -0.2) is 4.79 Å². The number of hydrogen-bond acceptors (Lipinski definition) is 4. The summed E-state index contributed by atoms with van der Waals surface area (Å²) in [4.78, 5) is 27.1. The number of amides is 1. The van der Waals surface area contributed by atoms with Gasteiger partial charge in [0.05, 0.1) is 0 Å². The van der Waals surface area contributed by atoms with E-state index in [-0.39, 0.29) is 5.78 Å². The van der Waals surface area contributed by atoms with Crippen LogP contribution in [0.5, 0.6) is 0 Å². The van der Waals surface area contributed by atoms with Gasteiger partial charge in [0.15, 0.2) is 5.78 Å². The van der Waals surface area contributed by atoms with Crippen LogP contribution >= 0.6 is 0 Å². The molecule has 0 spiro atoms. The molecule has 1 aliphatic rings. The fraction of sp³-hybridized carbons (Fsp3) is 0.692. The van der Waals surface area contributed by atoms with E-state index in [9.17, 15) is 9.59 Å². The van der Waals surface area contributed by atoms with Gasteiger partial charge in [-0.05, 0) is 27.2 Å². The number of ketones is 1. The second-order valence-electron chi connectivity index (χ2n) is 5.64. The fourth-order valence-electron chi connectivity index (χ4n) is 1.69. The average Bonchev–Trinajstić information content (AvgIpc) is 2.17. The lowest BCUT2D eigenvalue weighted by atomic mass is 10.1. The lowest BCUT2D eigenvalue weighted by Crippen LogP contribution is -2.42. The Balaban J connectivity index is 2.90. The Labute approximate surface area is 108 Å². The zero-order valence-corrected chi connectivity index (χ0v) is 11.8. The second-order valence-corrected chi connectivity index (χ2v) is 5.64. The van der Waals surface area contributed by atoms with Gasteiger partial charge in [0.1, 0.15) is 11.3 Å². The third kappa shape index (κ3) is 4.05. The molecule has 1 heterocycles. The Morgan fingerprint density at radius 1 is 1.39 bits per heavy atom. The molecule has 102 valence electrons. The van der Waals surface area contributed by atoms with Gasteiger partial charge in [-0.1, -0.05) is 0 Å². The summed E-state index contributed by atoms with van der Waals surface area (Å²) >= 11 is 0. The number of Topliss-reactive ketones (excluding diaryl/α,β-unsaturated/α-hetero) is 1. The third-order valence-corrected chi connectivity index (χ3v) is 2.36. The summed E-state index contributed by atoms with van der Waals surface area (Å²) in [5.74, 6) is -0.0131. The van der Waals surface area contributed by atoms with Crippen LogP contribution < -0.4 is 0 Å². The number of allylic oxidation sites excluding steroid dienone is 1. The predicted molar refractivity (Wildman–Crippen MR) is 69.0 cm³/mol. The molecule has 1 aliphatic heterocycles. The van der Waals surface area contributed by atoms with Crippen LogP contribution in [0.2, 0.25) is 0 Å². The topological polar surface area (TPSA) is 49.9 Å². The van der Waals surface area contributed by atoms with Crippen molar-refractivity contribution in [1.82, 2.24) is 9.80 Å². The van der Waals surface area contributed by atoms with E-state index in [0.717, 1.165) is 0 Å². The first kappa shape index (κ1) is 14.5. The first-order valence-electron chi connectivity index (χ1n) is 6.12. The molecular formula is C13H22N2O3. The molecular weight excluding hydrogens is 232 g/mol. The van der Waals surface area contributed by atoms with Crippen molar-refractivity contribution in [3.05, 3.63) is 11.9 Å². The Morgan fingerprint density at radius 2 is 2.00 bits per heavy atom. The summed E-state index contributed by atoms with van der Waals surface area (Å²) in [7, 11) is 3.64. The quantitative estimate of drug-likeness (QED) is 0.671. The Kier molecular flexibility index (Phi) is 4.38. The molecule has 18 heavy (non-hydrogen) atoms. The molecule has 0 aromatic heterocycles. The highest BCUT2D eigenvalue weighted by Crippen LogP contribution is 2.20. The molecule has 0 N–H and O–H groups in total. The zero-order chi connectivity index (χ0) is 13.9. The lowest BCUT2D eigenvalue weighted by Gasteiger charge is -2.31. The van der Waals surface area contributed by atoms with E-state index in [0.29, 0.717) is 25.1 Å². The van der Waals surface area contributed by atoms with Gasteiger partial charge >= 0.3 is 6.09 Å². The number of piperidine rings is 1. The Morgan fingerprint density at radius 3 is 2.50 bits per heavy atom. The molecule has 5 nitrogen and oxygen atoms in total. The van der Waals surface area contributed by atoms with Gasteiger partial charge < -0.3 is 9.64 Å². The van der Waals surface area contributed by atoms with Crippen LogP contribution in [0.25, 0.3) is 0 Å². The van der Waals surface area contributed by atoms with Crippen molar-refractivity contribution in [2.45, 2.75) is 39.2 Å². The summed E-state index contributed by atoms with van der Waals surface area (Å²) in [6.07, 6.45) is 2.39. The zero-order valence-electron chi connectivity index (χ0n) is 11.8. The summed E-state index contributed by atoms with van der Waals surface area (Å²) in [6, 6.07) is 0. The summed E-state index contributed by atoms with van der Waals surface area (Å²) < 4.78 is 5.31. The number of carbonyl (C=O) groups excluding carboxylic acids is 2. The maximum absolute atomic E-state index is 12.0. The van der Waals surface area contributed by atoms with Crippen LogP contribution in [0.15, 0.2) is 11.9 Å². The van der Waals surface area contributed by atoms with Crippen molar-refractivity contribution in [3.8, 4) is 0 Å². The van der Waals surface area contributed by atoms with E-state index in [1.807, 2.05) is 34.9 Å². The van der Waals surface area contributed by atoms with E-state index >= 15 is 0 Å². The summed E-state index contributed by atoms with van der Waals surface area (Å²) in [5.41, 5.74) is -0.138. The van der Waals surface area contributed by atoms with Crippen LogP contribution in [0.4, 0.5) is 4.79 Å².